The van der Waals surface area contributed by atoms with Crippen LogP contribution in [-0.2, 0) is 17.6 Å². The van der Waals surface area contributed by atoms with Gasteiger partial charge in [-0.2, -0.15) is 0 Å². The molecule has 174 valence electrons. The minimum Gasteiger partial charge on any atom is -0.493 e. The number of hydrogen-bond acceptors (Lipinski definition) is 4. The topological polar surface area (TPSA) is 54.6 Å². The Morgan fingerprint density at radius 2 is 1.82 bits per heavy atom. The first-order chi connectivity index (χ1) is 16.7. The maximum absolute atomic E-state index is 13.5. The van der Waals surface area contributed by atoms with Crippen molar-refractivity contribution in [1.29, 1.82) is 0 Å². The number of hydrogen-bond donors (Lipinski definition) is 1. The molecule has 34 heavy (non-hydrogen) atoms. The third kappa shape index (κ3) is 4.33. The van der Waals surface area contributed by atoms with Crippen molar-refractivity contribution >= 4 is 17.2 Å². The van der Waals surface area contributed by atoms with Gasteiger partial charge in [0.2, 0.25) is 5.91 Å². The molecule has 1 atom stereocenters. The second-order valence-corrected chi connectivity index (χ2v) is 9.40. The van der Waals surface area contributed by atoms with Gasteiger partial charge in [0.1, 0.15) is 0 Å². The number of carbonyl (C=O) groups excluding carboxylic acids is 1. The van der Waals surface area contributed by atoms with Gasteiger partial charge in [0.25, 0.3) is 0 Å². The van der Waals surface area contributed by atoms with Crippen molar-refractivity contribution in [2.75, 3.05) is 20.8 Å². The third-order valence-electron chi connectivity index (χ3n) is 6.45. The van der Waals surface area contributed by atoms with Crippen LogP contribution in [0.15, 0.2) is 72.1 Å². The second-order valence-electron chi connectivity index (χ2n) is 8.42. The Morgan fingerprint density at radius 1 is 1.03 bits per heavy atom. The Balaban J connectivity index is 1.37. The molecular weight excluding hydrogens is 444 g/mol. The molecule has 2 aromatic heterocycles. The summed E-state index contributed by atoms with van der Waals surface area (Å²) in [5.74, 6) is 1.58. The largest absolute Gasteiger partial charge is 0.493 e. The number of amides is 1. The van der Waals surface area contributed by atoms with E-state index in [1.807, 2.05) is 35.2 Å². The zero-order valence-corrected chi connectivity index (χ0v) is 20.2. The van der Waals surface area contributed by atoms with Gasteiger partial charge in [-0.3, -0.25) is 4.79 Å². The highest BCUT2D eigenvalue weighted by atomic mass is 32.1. The second kappa shape index (κ2) is 9.77. The molecule has 1 unspecified atom stereocenters. The van der Waals surface area contributed by atoms with Crippen LogP contribution < -0.4 is 9.47 Å². The number of ether oxygens (including phenoxy) is 2. The normalized spacial score (nSPS) is 15.1. The summed E-state index contributed by atoms with van der Waals surface area (Å²) in [6.07, 6.45) is 1.93. The first-order valence-electron chi connectivity index (χ1n) is 11.5. The number of aryl methyl sites for hydroxylation is 1. The van der Waals surface area contributed by atoms with Crippen molar-refractivity contribution in [2.24, 2.45) is 0 Å². The molecule has 5 nitrogen and oxygen atoms in total. The van der Waals surface area contributed by atoms with E-state index in [9.17, 15) is 4.79 Å². The molecule has 4 aromatic rings. The lowest BCUT2D eigenvalue weighted by atomic mass is 9.90. The molecule has 2 aromatic carbocycles. The van der Waals surface area contributed by atoms with Crippen LogP contribution in [0.3, 0.4) is 0 Å². The van der Waals surface area contributed by atoms with E-state index in [0.717, 1.165) is 39.6 Å². The zero-order chi connectivity index (χ0) is 23.5. The van der Waals surface area contributed by atoms with Crippen molar-refractivity contribution < 1.29 is 14.3 Å². The van der Waals surface area contributed by atoms with Gasteiger partial charge in [0.05, 0.1) is 20.3 Å². The van der Waals surface area contributed by atoms with Crippen molar-refractivity contribution in [3.63, 3.8) is 0 Å². The lowest BCUT2D eigenvalue weighted by molar-refractivity contribution is -0.133. The summed E-state index contributed by atoms with van der Waals surface area (Å²) in [5, 5.41) is 2.07. The van der Waals surface area contributed by atoms with Gasteiger partial charge in [0, 0.05) is 29.2 Å². The standard InChI is InChI=1S/C28H28N2O3S/c1-32-24-17-20-14-15-30(28(26-9-6-16-34-26)22(20)18-25(24)33-2)27(31)13-11-21-10-12-23(29-21)19-7-4-3-5-8-19/h3-10,12,16-18,28-29H,11,13-15H2,1-2H3. The average molecular weight is 473 g/mol. The third-order valence-corrected chi connectivity index (χ3v) is 7.37. The summed E-state index contributed by atoms with van der Waals surface area (Å²) in [4.78, 5) is 20.2. The predicted molar refractivity (Wildman–Crippen MR) is 136 cm³/mol. The highest BCUT2D eigenvalue weighted by Crippen LogP contribution is 2.42. The van der Waals surface area contributed by atoms with Gasteiger partial charge < -0.3 is 19.4 Å². The van der Waals surface area contributed by atoms with Crippen molar-refractivity contribution in [1.82, 2.24) is 9.88 Å². The highest BCUT2D eigenvalue weighted by Gasteiger charge is 2.33. The first-order valence-corrected chi connectivity index (χ1v) is 12.4. The monoisotopic (exact) mass is 472 g/mol. The molecule has 3 heterocycles. The Labute approximate surface area is 204 Å². The molecule has 0 aliphatic carbocycles. The van der Waals surface area contributed by atoms with Crippen LogP contribution in [0, 0.1) is 0 Å². The van der Waals surface area contributed by atoms with E-state index < -0.39 is 0 Å². The molecule has 0 bridgehead atoms. The van der Waals surface area contributed by atoms with Crippen molar-refractivity contribution in [3.05, 3.63) is 93.8 Å². The molecule has 0 spiro atoms. The van der Waals surface area contributed by atoms with E-state index in [4.69, 9.17) is 9.47 Å². The number of H-pyrrole nitrogens is 1. The summed E-state index contributed by atoms with van der Waals surface area (Å²) in [7, 11) is 3.31. The minimum absolute atomic E-state index is 0.112. The molecule has 1 aliphatic heterocycles. The number of thiophene rings is 1. The molecule has 0 saturated carbocycles. The summed E-state index contributed by atoms with van der Waals surface area (Å²) in [5.41, 5.74) is 5.62. The van der Waals surface area contributed by atoms with Crippen LogP contribution in [0.2, 0.25) is 0 Å². The fraction of sp³-hybridized carbons (Fsp3) is 0.250. The lowest BCUT2D eigenvalue weighted by Gasteiger charge is -2.37. The van der Waals surface area contributed by atoms with E-state index in [1.54, 1.807) is 25.6 Å². The highest BCUT2D eigenvalue weighted by molar-refractivity contribution is 7.10. The van der Waals surface area contributed by atoms with Gasteiger partial charge in [0.15, 0.2) is 11.5 Å². The maximum Gasteiger partial charge on any atom is 0.223 e. The molecule has 1 aliphatic rings. The zero-order valence-electron chi connectivity index (χ0n) is 19.4. The van der Waals surface area contributed by atoms with Crippen molar-refractivity contribution in [3.8, 4) is 22.8 Å². The Hall–Kier alpha value is -3.51. The summed E-state index contributed by atoms with van der Waals surface area (Å²) < 4.78 is 11.1. The van der Waals surface area contributed by atoms with E-state index in [2.05, 4.69) is 46.8 Å². The van der Waals surface area contributed by atoms with Gasteiger partial charge in [-0.1, -0.05) is 36.4 Å². The first kappa shape index (κ1) is 22.3. The Morgan fingerprint density at radius 3 is 2.56 bits per heavy atom. The average Bonchev–Trinajstić information content (AvgIpc) is 3.59. The van der Waals surface area contributed by atoms with E-state index >= 15 is 0 Å². The maximum atomic E-state index is 13.5. The van der Waals surface area contributed by atoms with Crippen LogP contribution in [0.4, 0.5) is 0 Å². The summed E-state index contributed by atoms with van der Waals surface area (Å²) in [6.45, 7) is 0.684. The Kier molecular flexibility index (Phi) is 6.41. The van der Waals surface area contributed by atoms with Gasteiger partial charge in [-0.25, -0.2) is 0 Å². The quantitative estimate of drug-likeness (QED) is 0.366. The van der Waals surface area contributed by atoms with Crippen LogP contribution in [0.1, 0.15) is 34.2 Å². The number of methoxy groups -OCH3 is 2. The summed E-state index contributed by atoms with van der Waals surface area (Å²) >= 11 is 1.68. The summed E-state index contributed by atoms with van der Waals surface area (Å²) in [6, 6.07) is 22.5. The van der Waals surface area contributed by atoms with E-state index in [0.29, 0.717) is 25.1 Å². The molecule has 0 radical (unpaired) electrons. The number of aromatic amines is 1. The van der Waals surface area contributed by atoms with Crippen LogP contribution in [0.25, 0.3) is 11.3 Å². The molecule has 1 amide bonds. The van der Waals surface area contributed by atoms with Crippen molar-refractivity contribution in [2.45, 2.75) is 25.3 Å². The van der Waals surface area contributed by atoms with Gasteiger partial charge in [-0.15, -0.1) is 11.3 Å². The molecule has 6 heteroatoms. The SMILES string of the molecule is COc1cc2c(cc1OC)C(c1cccs1)N(C(=O)CCc1ccc(-c3ccccc3)[nH]1)CC2. The fourth-order valence-electron chi connectivity index (χ4n) is 4.73. The van der Waals surface area contributed by atoms with Crippen LogP contribution >= 0.6 is 11.3 Å². The molecular formula is C28H28N2O3S. The minimum atomic E-state index is -0.112. The fourth-order valence-corrected chi connectivity index (χ4v) is 5.58. The van der Waals surface area contributed by atoms with Crippen LogP contribution in [-0.4, -0.2) is 36.6 Å². The predicted octanol–water partition coefficient (Wildman–Crippen LogP) is 5.87. The number of nitrogens with zero attached hydrogens (tertiary/aromatic N) is 1. The Bertz CT molecular complexity index is 1260. The molecule has 1 N–H and O–H groups in total. The molecule has 0 fully saturated rings. The molecule has 0 saturated heterocycles. The lowest BCUT2D eigenvalue weighted by Crippen LogP contribution is -2.40. The number of fused-ring (bicyclic) bond motifs is 1. The van der Waals surface area contributed by atoms with E-state index in [-0.39, 0.29) is 11.9 Å². The number of carbonyl (C=O) groups is 1. The van der Waals surface area contributed by atoms with Gasteiger partial charge >= 0.3 is 0 Å². The number of aromatic nitrogens is 1. The number of nitrogens with one attached hydrogen (secondary N) is 1. The smallest absolute Gasteiger partial charge is 0.223 e. The van der Waals surface area contributed by atoms with E-state index in [1.165, 1.54) is 5.56 Å². The number of rotatable bonds is 7. The molecule has 5 rings (SSSR count). The van der Waals surface area contributed by atoms with Gasteiger partial charge in [-0.05, 0) is 65.2 Å². The number of benzene rings is 2. The van der Waals surface area contributed by atoms with Crippen LogP contribution in [0.5, 0.6) is 11.5 Å².